The minimum absolute atomic E-state index is 0.183. The van der Waals surface area contributed by atoms with Crippen LogP contribution >= 0.6 is 0 Å². The molecule has 0 saturated carbocycles. The smallest absolute Gasteiger partial charge is 0.244 e. The number of sulfonamides is 1. The van der Waals surface area contributed by atoms with Gasteiger partial charge in [0.05, 0.1) is 11.9 Å². The van der Waals surface area contributed by atoms with Crippen molar-refractivity contribution in [2.75, 3.05) is 23.7 Å². The molecule has 0 fully saturated rings. The summed E-state index contributed by atoms with van der Waals surface area (Å²) in [5.74, 6) is 0.438. The summed E-state index contributed by atoms with van der Waals surface area (Å²) in [6, 6.07) is 22.6. The van der Waals surface area contributed by atoms with E-state index in [0.717, 1.165) is 21.7 Å². The van der Waals surface area contributed by atoms with Gasteiger partial charge in [-0.1, -0.05) is 49.4 Å². The molecule has 3 aromatic carbocycles. The van der Waals surface area contributed by atoms with Gasteiger partial charge in [-0.15, -0.1) is 0 Å². The van der Waals surface area contributed by atoms with Crippen molar-refractivity contribution in [1.29, 1.82) is 0 Å². The van der Waals surface area contributed by atoms with Crippen LogP contribution in [0.25, 0.3) is 0 Å². The van der Waals surface area contributed by atoms with Gasteiger partial charge in [0.15, 0.2) is 0 Å². The van der Waals surface area contributed by atoms with E-state index in [9.17, 15) is 18.0 Å². The third kappa shape index (κ3) is 7.58. The monoisotopic (exact) mass is 537 g/mol. The minimum Gasteiger partial charge on any atom is -0.457 e. The molecular weight excluding hydrogens is 502 g/mol. The molecule has 1 N–H and O–H groups in total. The number of hydrogen-bond donors (Lipinski definition) is 1. The van der Waals surface area contributed by atoms with Crippen LogP contribution in [0.15, 0.2) is 78.9 Å². The molecule has 0 unspecified atom stereocenters. The molecule has 3 rings (SSSR count). The predicted molar refractivity (Wildman–Crippen MR) is 150 cm³/mol. The highest BCUT2D eigenvalue weighted by atomic mass is 32.2. The largest absolute Gasteiger partial charge is 0.457 e. The molecule has 38 heavy (non-hydrogen) atoms. The molecule has 2 amide bonds. The molecule has 0 aliphatic heterocycles. The summed E-state index contributed by atoms with van der Waals surface area (Å²) in [6.45, 7) is 5.75. The van der Waals surface area contributed by atoms with E-state index in [-0.39, 0.29) is 12.5 Å². The Bertz CT molecular complexity index is 1330. The van der Waals surface area contributed by atoms with E-state index >= 15 is 0 Å². The Morgan fingerprint density at radius 1 is 0.895 bits per heavy atom. The van der Waals surface area contributed by atoms with Gasteiger partial charge in [-0.3, -0.25) is 13.9 Å². The maximum Gasteiger partial charge on any atom is 0.244 e. The number of anilines is 1. The van der Waals surface area contributed by atoms with Gasteiger partial charge in [0, 0.05) is 13.1 Å². The number of hydrogen-bond acceptors (Lipinski definition) is 5. The number of aryl methyl sites for hydroxylation is 1. The lowest BCUT2D eigenvalue weighted by Crippen LogP contribution is -2.52. The Morgan fingerprint density at radius 2 is 1.50 bits per heavy atom. The summed E-state index contributed by atoms with van der Waals surface area (Å²) in [7, 11) is -3.82. The van der Waals surface area contributed by atoms with Crippen molar-refractivity contribution >= 4 is 27.5 Å². The summed E-state index contributed by atoms with van der Waals surface area (Å²) in [5, 5.41) is 2.80. The number of nitrogens with zero attached hydrogens (tertiary/aromatic N) is 2. The van der Waals surface area contributed by atoms with Gasteiger partial charge in [0.1, 0.15) is 24.1 Å². The Morgan fingerprint density at radius 3 is 2.08 bits per heavy atom. The Balaban J connectivity index is 1.89. The number of carbonyl (C=O) groups is 2. The van der Waals surface area contributed by atoms with Gasteiger partial charge in [-0.05, 0) is 67.8 Å². The van der Waals surface area contributed by atoms with Crippen molar-refractivity contribution in [3.05, 3.63) is 90.0 Å². The number of nitrogens with one attached hydrogen (secondary N) is 1. The highest BCUT2D eigenvalue weighted by Gasteiger charge is 2.31. The molecule has 202 valence electrons. The van der Waals surface area contributed by atoms with E-state index in [1.165, 1.54) is 4.90 Å². The van der Waals surface area contributed by atoms with Gasteiger partial charge in [-0.2, -0.15) is 0 Å². The second-order valence-electron chi connectivity index (χ2n) is 8.95. The normalized spacial score (nSPS) is 11.9. The van der Waals surface area contributed by atoms with Crippen molar-refractivity contribution in [1.82, 2.24) is 10.2 Å². The Kier molecular flexibility index (Phi) is 9.90. The van der Waals surface area contributed by atoms with Gasteiger partial charge in [0.2, 0.25) is 21.8 Å². The quantitative estimate of drug-likeness (QED) is 0.367. The average Bonchev–Trinajstić information content (AvgIpc) is 2.89. The van der Waals surface area contributed by atoms with Crippen LogP contribution in [0, 0.1) is 6.92 Å². The van der Waals surface area contributed by atoms with Crippen LogP contribution in [-0.2, 0) is 26.2 Å². The molecular formula is C29H35N3O5S. The number of ether oxygens (including phenoxy) is 1. The van der Waals surface area contributed by atoms with E-state index in [1.807, 2.05) is 75.4 Å². The lowest BCUT2D eigenvalue weighted by molar-refractivity contribution is -0.140. The molecule has 0 spiro atoms. The fourth-order valence-electron chi connectivity index (χ4n) is 4.10. The molecule has 0 heterocycles. The lowest BCUT2D eigenvalue weighted by Gasteiger charge is -2.33. The van der Waals surface area contributed by atoms with Crippen molar-refractivity contribution in [3.63, 3.8) is 0 Å². The first kappa shape index (κ1) is 28.7. The zero-order chi connectivity index (χ0) is 27.7. The number of carbonyl (C=O) groups excluding carboxylic acids is 2. The third-order valence-corrected chi connectivity index (χ3v) is 7.26. The van der Waals surface area contributed by atoms with Crippen molar-refractivity contribution in [2.24, 2.45) is 0 Å². The molecule has 0 aliphatic rings. The summed E-state index contributed by atoms with van der Waals surface area (Å²) in [4.78, 5) is 28.1. The summed E-state index contributed by atoms with van der Waals surface area (Å²) in [5.41, 5.74) is 2.19. The first-order valence-electron chi connectivity index (χ1n) is 12.6. The van der Waals surface area contributed by atoms with Gasteiger partial charge < -0.3 is 15.0 Å². The van der Waals surface area contributed by atoms with E-state index in [2.05, 4.69) is 5.32 Å². The summed E-state index contributed by atoms with van der Waals surface area (Å²) < 4.78 is 32.5. The molecule has 0 radical (unpaired) electrons. The second kappa shape index (κ2) is 13.1. The van der Waals surface area contributed by atoms with E-state index in [0.29, 0.717) is 30.2 Å². The molecule has 9 heteroatoms. The number of likely N-dealkylation sites (N-methyl/N-ethyl adjacent to an activating group) is 1. The number of amides is 2. The van der Waals surface area contributed by atoms with Crippen LogP contribution in [0.3, 0.4) is 0 Å². The average molecular weight is 538 g/mol. The molecule has 0 aliphatic carbocycles. The summed E-state index contributed by atoms with van der Waals surface area (Å²) >= 11 is 0. The summed E-state index contributed by atoms with van der Waals surface area (Å²) in [6.07, 6.45) is 1.44. The van der Waals surface area contributed by atoms with E-state index < -0.39 is 28.5 Å². The fraction of sp³-hybridized carbons (Fsp3) is 0.310. The third-order valence-electron chi connectivity index (χ3n) is 6.12. The van der Waals surface area contributed by atoms with Crippen LogP contribution in [0.5, 0.6) is 11.5 Å². The Hall–Kier alpha value is -3.85. The fourth-order valence-corrected chi connectivity index (χ4v) is 4.95. The first-order chi connectivity index (χ1) is 18.1. The van der Waals surface area contributed by atoms with Crippen LogP contribution in [0.2, 0.25) is 0 Å². The number of para-hydroxylation sites is 1. The van der Waals surface area contributed by atoms with Gasteiger partial charge in [0.25, 0.3) is 0 Å². The maximum absolute atomic E-state index is 13.7. The molecule has 8 nitrogen and oxygen atoms in total. The highest BCUT2D eigenvalue weighted by molar-refractivity contribution is 7.92. The van der Waals surface area contributed by atoms with Crippen LogP contribution < -0.4 is 14.4 Å². The molecule has 0 aromatic heterocycles. The SMILES string of the molecule is CCNC(=O)[C@H](CC)N(Cc1ccccc1C)C(=O)CN(c1ccc(Oc2ccccc2)cc1)S(C)(=O)=O. The second-order valence-corrected chi connectivity index (χ2v) is 10.9. The topological polar surface area (TPSA) is 96.0 Å². The number of benzene rings is 3. The number of rotatable bonds is 12. The van der Waals surface area contributed by atoms with Gasteiger partial charge in [-0.25, -0.2) is 8.42 Å². The minimum atomic E-state index is -3.82. The maximum atomic E-state index is 13.7. The Labute approximate surface area is 225 Å². The van der Waals surface area contributed by atoms with E-state index in [1.54, 1.807) is 24.3 Å². The zero-order valence-electron chi connectivity index (χ0n) is 22.3. The predicted octanol–water partition coefficient (Wildman–Crippen LogP) is 4.50. The van der Waals surface area contributed by atoms with Crippen LogP contribution in [0.1, 0.15) is 31.4 Å². The van der Waals surface area contributed by atoms with Crippen LogP contribution in [0.4, 0.5) is 5.69 Å². The standard InChI is InChI=1S/C29H35N3O5S/c1-5-27(29(34)30-6-2)31(20-23-13-11-10-12-22(23)3)28(33)21-32(38(4,35)36)24-16-18-26(19-17-24)37-25-14-8-7-9-15-25/h7-19,27H,5-6,20-21H2,1-4H3,(H,30,34)/t27-/m0/s1. The molecule has 0 bridgehead atoms. The van der Waals surface area contributed by atoms with Crippen molar-refractivity contribution in [3.8, 4) is 11.5 Å². The highest BCUT2D eigenvalue weighted by Crippen LogP contribution is 2.26. The molecule has 1 atom stereocenters. The van der Waals surface area contributed by atoms with Crippen molar-refractivity contribution < 1.29 is 22.7 Å². The van der Waals surface area contributed by atoms with Crippen LogP contribution in [-0.4, -0.2) is 50.5 Å². The van der Waals surface area contributed by atoms with E-state index in [4.69, 9.17) is 4.74 Å². The zero-order valence-corrected chi connectivity index (χ0v) is 23.1. The van der Waals surface area contributed by atoms with Crippen molar-refractivity contribution in [2.45, 2.75) is 39.8 Å². The first-order valence-corrected chi connectivity index (χ1v) is 14.4. The lowest BCUT2D eigenvalue weighted by atomic mass is 10.1. The molecule has 3 aromatic rings. The molecule has 0 saturated heterocycles. The van der Waals surface area contributed by atoms with Gasteiger partial charge >= 0.3 is 0 Å².